The predicted molar refractivity (Wildman–Crippen MR) is 98.4 cm³/mol. The van der Waals surface area contributed by atoms with Crippen LogP contribution in [0.4, 0.5) is 4.79 Å². The van der Waals surface area contributed by atoms with Gasteiger partial charge in [-0.15, -0.1) is 0 Å². The van der Waals surface area contributed by atoms with Crippen molar-refractivity contribution in [2.75, 3.05) is 0 Å². The van der Waals surface area contributed by atoms with Gasteiger partial charge < -0.3 is 14.6 Å². The number of hydrogen-bond donors (Lipinski definition) is 1. The lowest BCUT2D eigenvalue weighted by Gasteiger charge is -2.07. The van der Waals surface area contributed by atoms with E-state index in [1.165, 1.54) is 16.9 Å². The SMILES string of the molecule is CCCCc1noc(C)c1CCc1nc(C)c(OC(=O)NC(C)C)s1. The molecule has 0 aliphatic rings. The van der Waals surface area contributed by atoms with Crippen LogP contribution < -0.4 is 10.1 Å². The Morgan fingerprint density at radius 2 is 2.04 bits per heavy atom. The van der Waals surface area contributed by atoms with Crippen molar-refractivity contribution in [3.8, 4) is 5.06 Å². The zero-order chi connectivity index (χ0) is 18.4. The first-order valence-corrected chi connectivity index (χ1v) is 9.61. The molecular formula is C18H27N3O3S. The van der Waals surface area contributed by atoms with E-state index in [2.05, 4.69) is 22.4 Å². The molecule has 0 bridgehead atoms. The van der Waals surface area contributed by atoms with Crippen LogP contribution in [-0.4, -0.2) is 22.3 Å². The number of aryl methyl sites for hydroxylation is 4. The molecule has 0 fully saturated rings. The number of hydrogen-bond acceptors (Lipinski definition) is 6. The van der Waals surface area contributed by atoms with Crippen molar-refractivity contribution in [1.29, 1.82) is 0 Å². The largest absolute Gasteiger partial charge is 0.413 e. The number of aromatic nitrogens is 2. The van der Waals surface area contributed by atoms with Gasteiger partial charge in [0.05, 0.1) is 16.4 Å². The number of carbonyl (C=O) groups is 1. The third kappa shape index (κ3) is 5.56. The predicted octanol–water partition coefficient (Wildman–Crippen LogP) is 4.37. The topological polar surface area (TPSA) is 77.2 Å². The molecule has 0 aliphatic heterocycles. The number of amides is 1. The number of unbranched alkanes of at least 4 members (excludes halogenated alkanes) is 1. The monoisotopic (exact) mass is 365 g/mol. The third-order valence-electron chi connectivity index (χ3n) is 3.81. The van der Waals surface area contributed by atoms with E-state index in [4.69, 9.17) is 9.26 Å². The molecule has 0 unspecified atom stereocenters. The Labute approximate surface area is 153 Å². The maximum atomic E-state index is 11.7. The molecule has 138 valence electrons. The normalized spacial score (nSPS) is 11.1. The molecule has 0 aromatic carbocycles. The van der Waals surface area contributed by atoms with Gasteiger partial charge in [-0.25, -0.2) is 9.78 Å². The fourth-order valence-corrected chi connectivity index (χ4v) is 3.43. The Bertz CT molecular complexity index is 706. The number of ether oxygens (including phenoxy) is 1. The third-order valence-corrected chi connectivity index (χ3v) is 4.91. The highest BCUT2D eigenvalue weighted by molar-refractivity contribution is 7.13. The second kappa shape index (κ2) is 8.99. The van der Waals surface area contributed by atoms with Crippen LogP contribution in [0.25, 0.3) is 0 Å². The molecule has 0 atom stereocenters. The van der Waals surface area contributed by atoms with Gasteiger partial charge in [0.25, 0.3) is 0 Å². The second-order valence-corrected chi connectivity index (χ2v) is 7.48. The quantitative estimate of drug-likeness (QED) is 0.751. The van der Waals surface area contributed by atoms with E-state index in [-0.39, 0.29) is 6.04 Å². The molecular weight excluding hydrogens is 338 g/mol. The minimum atomic E-state index is -0.440. The highest BCUT2D eigenvalue weighted by Gasteiger charge is 2.16. The molecule has 0 saturated carbocycles. The van der Waals surface area contributed by atoms with Gasteiger partial charge in [0.2, 0.25) is 5.06 Å². The van der Waals surface area contributed by atoms with E-state index in [1.54, 1.807) is 0 Å². The number of nitrogens with one attached hydrogen (secondary N) is 1. The first kappa shape index (κ1) is 19.4. The van der Waals surface area contributed by atoms with Crippen LogP contribution >= 0.6 is 11.3 Å². The van der Waals surface area contributed by atoms with Gasteiger partial charge in [-0.1, -0.05) is 29.8 Å². The Morgan fingerprint density at radius 3 is 2.72 bits per heavy atom. The summed E-state index contributed by atoms with van der Waals surface area (Å²) in [5, 5.41) is 8.41. The number of carbonyl (C=O) groups excluding carboxylic acids is 1. The fraction of sp³-hybridized carbons (Fsp3) is 0.611. The van der Waals surface area contributed by atoms with Crippen molar-refractivity contribution in [3.63, 3.8) is 0 Å². The first-order valence-electron chi connectivity index (χ1n) is 8.79. The minimum Gasteiger partial charge on any atom is -0.397 e. The van der Waals surface area contributed by atoms with Gasteiger partial charge in [-0.2, -0.15) is 0 Å². The van der Waals surface area contributed by atoms with Crippen LogP contribution in [0, 0.1) is 13.8 Å². The first-order chi connectivity index (χ1) is 11.9. The van der Waals surface area contributed by atoms with E-state index in [1.807, 2.05) is 27.7 Å². The van der Waals surface area contributed by atoms with Gasteiger partial charge in [0, 0.05) is 18.0 Å². The standard InChI is InChI=1S/C18H27N3O3S/c1-6-7-8-15-14(13(5)24-21-15)9-10-16-20-12(4)17(25-16)23-18(22)19-11(2)3/h11H,6-10H2,1-5H3,(H,19,22). The molecule has 0 radical (unpaired) electrons. The number of nitrogens with zero attached hydrogens (tertiary/aromatic N) is 2. The van der Waals surface area contributed by atoms with Gasteiger partial charge in [0.1, 0.15) is 5.76 Å². The van der Waals surface area contributed by atoms with E-state index in [0.29, 0.717) is 5.06 Å². The van der Waals surface area contributed by atoms with Crippen molar-refractivity contribution in [3.05, 3.63) is 27.7 Å². The van der Waals surface area contributed by atoms with Gasteiger partial charge in [0.15, 0.2) is 0 Å². The maximum Gasteiger partial charge on any atom is 0.413 e. The van der Waals surface area contributed by atoms with E-state index in [0.717, 1.165) is 54.3 Å². The lowest BCUT2D eigenvalue weighted by molar-refractivity contribution is 0.199. The molecule has 2 rings (SSSR count). The zero-order valence-electron chi connectivity index (χ0n) is 15.6. The molecule has 25 heavy (non-hydrogen) atoms. The smallest absolute Gasteiger partial charge is 0.397 e. The van der Waals surface area contributed by atoms with Crippen LogP contribution in [0.1, 0.15) is 61.3 Å². The summed E-state index contributed by atoms with van der Waals surface area (Å²) in [4.78, 5) is 16.3. The molecule has 0 spiro atoms. The summed E-state index contributed by atoms with van der Waals surface area (Å²) in [6, 6.07) is 0.0401. The Hall–Kier alpha value is -1.89. The molecule has 1 N–H and O–H groups in total. The van der Waals surface area contributed by atoms with Crippen LogP contribution in [0.2, 0.25) is 0 Å². The molecule has 0 aliphatic carbocycles. The fourth-order valence-electron chi connectivity index (χ4n) is 2.52. The van der Waals surface area contributed by atoms with Crippen LogP contribution in [-0.2, 0) is 19.3 Å². The summed E-state index contributed by atoms with van der Waals surface area (Å²) in [6.07, 6.45) is 4.36. The van der Waals surface area contributed by atoms with Gasteiger partial charge in [-0.05, 0) is 47.0 Å². The number of rotatable bonds is 8. The molecule has 2 aromatic rings. The summed E-state index contributed by atoms with van der Waals surface area (Å²) in [6.45, 7) is 9.76. The summed E-state index contributed by atoms with van der Waals surface area (Å²) in [5.41, 5.74) is 2.98. The highest BCUT2D eigenvalue weighted by Crippen LogP contribution is 2.28. The maximum absolute atomic E-state index is 11.7. The Balaban J connectivity index is 1.99. The van der Waals surface area contributed by atoms with Crippen LogP contribution in [0.3, 0.4) is 0 Å². The minimum absolute atomic E-state index is 0.0401. The average Bonchev–Trinajstić information content (AvgIpc) is 3.05. The summed E-state index contributed by atoms with van der Waals surface area (Å²) >= 11 is 1.42. The van der Waals surface area contributed by atoms with Crippen LogP contribution in [0.5, 0.6) is 5.06 Å². The Kier molecular flexibility index (Phi) is 6.99. The van der Waals surface area contributed by atoms with Crippen molar-refractivity contribution in [1.82, 2.24) is 15.5 Å². The molecule has 7 heteroatoms. The average molecular weight is 365 g/mol. The Morgan fingerprint density at radius 1 is 1.28 bits per heavy atom. The lowest BCUT2D eigenvalue weighted by Crippen LogP contribution is -2.32. The van der Waals surface area contributed by atoms with E-state index in [9.17, 15) is 4.79 Å². The van der Waals surface area contributed by atoms with Crippen molar-refractivity contribution >= 4 is 17.4 Å². The van der Waals surface area contributed by atoms with Crippen LogP contribution in [0.15, 0.2) is 4.52 Å². The van der Waals surface area contributed by atoms with Gasteiger partial charge in [-0.3, -0.25) is 0 Å². The summed E-state index contributed by atoms with van der Waals surface area (Å²) in [5.74, 6) is 0.882. The summed E-state index contributed by atoms with van der Waals surface area (Å²) in [7, 11) is 0. The van der Waals surface area contributed by atoms with E-state index < -0.39 is 6.09 Å². The zero-order valence-corrected chi connectivity index (χ0v) is 16.5. The molecule has 6 nitrogen and oxygen atoms in total. The van der Waals surface area contributed by atoms with E-state index >= 15 is 0 Å². The number of thiazole rings is 1. The highest BCUT2D eigenvalue weighted by atomic mass is 32.1. The molecule has 0 saturated heterocycles. The molecule has 2 heterocycles. The van der Waals surface area contributed by atoms with Crippen molar-refractivity contribution in [2.24, 2.45) is 0 Å². The molecule has 1 amide bonds. The van der Waals surface area contributed by atoms with Crippen molar-refractivity contribution < 1.29 is 14.1 Å². The van der Waals surface area contributed by atoms with Gasteiger partial charge >= 0.3 is 6.09 Å². The lowest BCUT2D eigenvalue weighted by atomic mass is 10.0. The van der Waals surface area contributed by atoms with Crippen molar-refractivity contribution in [2.45, 2.75) is 72.8 Å². The molecule has 2 aromatic heterocycles. The second-order valence-electron chi connectivity index (χ2n) is 6.44. The summed E-state index contributed by atoms with van der Waals surface area (Å²) < 4.78 is 10.7.